The zero-order valence-electron chi connectivity index (χ0n) is 14.9. The molecule has 0 spiro atoms. The average Bonchev–Trinajstić information content (AvgIpc) is 3.26. The predicted octanol–water partition coefficient (Wildman–Crippen LogP) is 2.93. The summed E-state index contributed by atoms with van der Waals surface area (Å²) in [5.74, 6) is 0.702. The van der Waals surface area contributed by atoms with E-state index in [4.69, 9.17) is 8.94 Å². The van der Waals surface area contributed by atoms with Gasteiger partial charge >= 0.3 is 0 Å². The molecule has 2 heterocycles. The lowest BCUT2D eigenvalue weighted by molar-refractivity contribution is -0.114. The highest BCUT2D eigenvalue weighted by molar-refractivity contribution is 7.89. The van der Waals surface area contributed by atoms with Gasteiger partial charge in [0.05, 0.1) is 29.9 Å². The van der Waals surface area contributed by atoms with Crippen LogP contribution >= 0.6 is 0 Å². The van der Waals surface area contributed by atoms with Crippen LogP contribution in [0.3, 0.4) is 0 Å². The van der Waals surface area contributed by atoms with Crippen molar-refractivity contribution in [3.8, 4) is 0 Å². The molecule has 0 unspecified atom stereocenters. The van der Waals surface area contributed by atoms with Crippen LogP contribution < -0.4 is 5.32 Å². The summed E-state index contributed by atoms with van der Waals surface area (Å²) in [5.41, 5.74) is 1.19. The molecule has 0 radical (unpaired) electrons. The van der Waals surface area contributed by atoms with Crippen LogP contribution in [0.1, 0.15) is 24.1 Å². The molecular weight excluding hydrogens is 370 g/mol. The Bertz CT molecular complexity index is 1010. The largest absolute Gasteiger partial charge is 0.468 e. The molecule has 0 aliphatic rings. The first-order valence-corrected chi connectivity index (χ1v) is 9.61. The topological polar surface area (TPSA) is 106 Å². The van der Waals surface area contributed by atoms with Crippen LogP contribution in [-0.2, 0) is 27.9 Å². The highest BCUT2D eigenvalue weighted by Gasteiger charge is 2.27. The summed E-state index contributed by atoms with van der Waals surface area (Å²) in [6.45, 7) is 3.20. The molecule has 0 aliphatic heterocycles. The van der Waals surface area contributed by atoms with E-state index in [0.717, 1.165) is 0 Å². The second-order valence-corrected chi connectivity index (χ2v) is 7.93. The Balaban J connectivity index is 1.89. The number of anilines is 1. The van der Waals surface area contributed by atoms with E-state index in [2.05, 4.69) is 10.5 Å². The SMILES string of the molecule is CC(=O)Nc1ccc(S(=O)(=O)N(Cc2ccco2)Cc2cc(C)no2)cc1. The maximum atomic E-state index is 13.1. The number of sulfonamides is 1. The molecule has 0 saturated carbocycles. The summed E-state index contributed by atoms with van der Waals surface area (Å²) >= 11 is 0. The van der Waals surface area contributed by atoms with Crippen LogP contribution in [-0.4, -0.2) is 23.8 Å². The van der Waals surface area contributed by atoms with Gasteiger partial charge in [-0.3, -0.25) is 4.79 Å². The Morgan fingerprint density at radius 1 is 1.15 bits per heavy atom. The van der Waals surface area contributed by atoms with E-state index >= 15 is 0 Å². The third-order valence-corrected chi connectivity index (χ3v) is 5.54. The summed E-state index contributed by atoms with van der Waals surface area (Å²) in [4.78, 5) is 11.2. The fourth-order valence-corrected chi connectivity index (χ4v) is 3.90. The molecule has 142 valence electrons. The monoisotopic (exact) mass is 389 g/mol. The Kier molecular flexibility index (Phi) is 5.43. The number of hydrogen-bond donors (Lipinski definition) is 1. The zero-order valence-corrected chi connectivity index (χ0v) is 15.7. The molecule has 27 heavy (non-hydrogen) atoms. The number of rotatable bonds is 7. The average molecular weight is 389 g/mol. The van der Waals surface area contributed by atoms with Gasteiger partial charge in [0.25, 0.3) is 0 Å². The molecule has 1 N–H and O–H groups in total. The predicted molar refractivity (Wildman–Crippen MR) is 97.1 cm³/mol. The maximum Gasteiger partial charge on any atom is 0.243 e. The smallest absolute Gasteiger partial charge is 0.243 e. The summed E-state index contributed by atoms with van der Waals surface area (Å²) in [5, 5.41) is 6.41. The molecule has 0 bridgehead atoms. The molecule has 0 aliphatic carbocycles. The van der Waals surface area contributed by atoms with E-state index in [1.54, 1.807) is 25.1 Å². The highest BCUT2D eigenvalue weighted by Crippen LogP contribution is 2.23. The number of amides is 1. The van der Waals surface area contributed by atoms with Crippen molar-refractivity contribution >= 4 is 21.6 Å². The number of carbonyl (C=O) groups excluding carboxylic acids is 1. The number of carbonyl (C=O) groups is 1. The molecule has 0 saturated heterocycles. The molecule has 0 atom stereocenters. The Labute approximate surface area is 156 Å². The summed E-state index contributed by atoms with van der Waals surface area (Å²) in [6, 6.07) is 11.1. The van der Waals surface area contributed by atoms with Crippen LogP contribution in [0.2, 0.25) is 0 Å². The molecule has 1 aromatic carbocycles. The molecular formula is C18H19N3O5S. The normalized spacial score (nSPS) is 11.7. The quantitative estimate of drug-likeness (QED) is 0.666. The zero-order chi connectivity index (χ0) is 19.4. The molecule has 3 rings (SSSR count). The molecule has 0 fully saturated rings. The number of aromatic nitrogens is 1. The van der Waals surface area contributed by atoms with Gasteiger partial charge in [0.15, 0.2) is 5.76 Å². The standard InChI is InChI=1S/C18H19N3O5S/c1-13-10-17(26-20-13)12-21(11-16-4-3-9-25-16)27(23,24)18-7-5-15(6-8-18)19-14(2)22/h3-10H,11-12H2,1-2H3,(H,19,22). The van der Waals surface area contributed by atoms with Gasteiger partial charge in [-0.05, 0) is 43.3 Å². The Morgan fingerprint density at radius 2 is 1.85 bits per heavy atom. The fourth-order valence-electron chi connectivity index (χ4n) is 2.53. The lowest BCUT2D eigenvalue weighted by Crippen LogP contribution is -2.30. The minimum absolute atomic E-state index is 0.0112. The van der Waals surface area contributed by atoms with Crippen LogP contribution in [0.25, 0.3) is 0 Å². The molecule has 8 nitrogen and oxygen atoms in total. The van der Waals surface area contributed by atoms with E-state index in [1.165, 1.54) is 41.8 Å². The van der Waals surface area contributed by atoms with Gasteiger partial charge in [0.1, 0.15) is 5.76 Å². The highest BCUT2D eigenvalue weighted by atomic mass is 32.2. The van der Waals surface area contributed by atoms with Gasteiger partial charge in [0.2, 0.25) is 15.9 Å². The van der Waals surface area contributed by atoms with Crippen LogP contribution in [0.4, 0.5) is 5.69 Å². The Hall–Kier alpha value is -2.91. The van der Waals surface area contributed by atoms with E-state index < -0.39 is 10.0 Å². The van der Waals surface area contributed by atoms with Crippen molar-refractivity contribution in [1.82, 2.24) is 9.46 Å². The molecule has 3 aromatic rings. The van der Waals surface area contributed by atoms with Gasteiger partial charge in [-0.25, -0.2) is 8.42 Å². The molecule has 2 aromatic heterocycles. The van der Waals surface area contributed by atoms with Crippen molar-refractivity contribution in [2.45, 2.75) is 31.8 Å². The van der Waals surface area contributed by atoms with E-state index in [1.807, 2.05) is 0 Å². The van der Waals surface area contributed by atoms with Crippen molar-refractivity contribution in [3.63, 3.8) is 0 Å². The maximum absolute atomic E-state index is 13.1. The van der Waals surface area contributed by atoms with Gasteiger partial charge in [0, 0.05) is 18.7 Å². The first-order chi connectivity index (χ1) is 12.8. The van der Waals surface area contributed by atoms with E-state index in [0.29, 0.717) is 22.9 Å². The van der Waals surface area contributed by atoms with Gasteiger partial charge in [-0.2, -0.15) is 4.31 Å². The number of nitrogens with one attached hydrogen (secondary N) is 1. The van der Waals surface area contributed by atoms with Crippen molar-refractivity contribution in [2.75, 3.05) is 5.32 Å². The Morgan fingerprint density at radius 3 is 2.41 bits per heavy atom. The third kappa shape index (κ3) is 4.63. The van der Waals surface area contributed by atoms with Crippen LogP contribution in [0.5, 0.6) is 0 Å². The van der Waals surface area contributed by atoms with Gasteiger partial charge in [-0.1, -0.05) is 5.16 Å². The van der Waals surface area contributed by atoms with Crippen molar-refractivity contribution in [2.24, 2.45) is 0 Å². The van der Waals surface area contributed by atoms with Crippen LogP contribution in [0.15, 0.2) is 62.6 Å². The second-order valence-electron chi connectivity index (χ2n) is 5.99. The lowest BCUT2D eigenvalue weighted by Gasteiger charge is -2.20. The minimum Gasteiger partial charge on any atom is -0.468 e. The van der Waals surface area contributed by atoms with Crippen LogP contribution in [0, 0.1) is 6.92 Å². The number of aryl methyl sites for hydroxylation is 1. The van der Waals surface area contributed by atoms with Gasteiger partial charge in [-0.15, -0.1) is 0 Å². The van der Waals surface area contributed by atoms with Gasteiger partial charge < -0.3 is 14.3 Å². The minimum atomic E-state index is -3.84. The number of nitrogens with zero attached hydrogens (tertiary/aromatic N) is 2. The number of hydrogen-bond acceptors (Lipinski definition) is 6. The third-order valence-electron chi connectivity index (χ3n) is 3.73. The van der Waals surface area contributed by atoms with Crippen molar-refractivity contribution in [3.05, 3.63) is 65.9 Å². The van der Waals surface area contributed by atoms with Crippen molar-refractivity contribution in [1.29, 1.82) is 0 Å². The lowest BCUT2D eigenvalue weighted by atomic mass is 10.3. The molecule has 9 heteroatoms. The fraction of sp³-hybridized carbons (Fsp3) is 0.222. The number of benzene rings is 1. The molecule has 1 amide bonds. The summed E-state index contributed by atoms with van der Waals surface area (Å²) < 4.78 is 38.0. The van der Waals surface area contributed by atoms with E-state index in [-0.39, 0.29) is 23.9 Å². The van der Waals surface area contributed by atoms with E-state index in [9.17, 15) is 13.2 Å². The first kappa shape index (κ1) is 18.9. The number of furan rings is 1. The first-order valence-electron chi connectivity index (χ1n) is 8.17. The second kappa shape index (κ2) is 7.77. The summed E-state index contributed by atoms with van der Waals surface area (Å²) in [6.07, 6.45) is 1.49. The summed E-state index contributed by atoms with van der Waals surface area (Å²) in [7, 11) is -3.84. The van der Waals surface area contributed by atoms with Crippen molar-refractivity contribution < 1.29 is 22.2 Å².